The quantitative estimate of drug-likeness (QED) is 0.155. The second-order valence-electron chi connectivity index (χ2n) is 13.6. The fourth-order valence-electron chi connectivity index (χ4n) is 7.59. The Bertz CT molecular complexity index is 2850. The molecule has 4 heteroatoms. The summed E-state index contributed by atoms with van der Waals surface area (Å²) < 4.78 is 0. The first-order chi connectivity index (χ1) is 27.3. The van der Waals surface area contributed by atoms with Gasteiger partial charge in [-0.25, -0.2) is 15.0 Å². The third kappa shape index (κ3) is 6.06. The smallest absolute Gasteiger partial charge is 0.160 e. The number of aromatic nitrogens is 3. The minimum absolute atomic E-state index is 0.700. The Morgan fingerprint density at radius 3 is 1.51 bits per heavy atom. The van der Waals surface area contributed by atoms with E-state index in [1.807, 2.05) is 36.4 Å². The largest absolute Gasteiger partial charge is 0.310 e. The van der Waals surface area contributed by atoms with Crippen molar-refractivity contribution in [1.82, 2.24) is 15.0 Å². The fourth-order valence-corrected chi connectivity index (χ4v) is 7.59. The zero-order chi connectivity index (χ0) is 36.6. The molecule has 0 saturated heterocycles. The van der Waals surface area contributed by atoms with Gasteiger partial charge in [0.1, 0.15) is 0 Å². The molecule has 2 aromatic heterocycles. The second-order valence-corrected chi connectivity index (χ2v) is 13.6. The van der Waals surface area contributed by atoms with Crippen molar-refractivity contribution in [3.8, 4) is 45.2 Å². The van der Waals surface area contributed by atoms with Gasteiger partial charge in [0.2, 0.25) is 0 Å². The standard InChI is InChI=1S/C51H34N4/c1-5-16-36(17-6-1)46-34-47(54-51(53-46)39-18-7-2-8-19-39)37-25-27-38(28-26-37)50-45-31-29-35-15-13-14-24-43(35)49(45)44-32-30-42(33-48(44)52-50)55(40-20-9-3-10-21-40)41-22-11-4-12-23-41/h1-34H. The Balaban J connectivity index is 1.14. The molecule has 0 aliphatic carbocycles. The lowest BCUT2D eigenvalue weighted by Gasteiger charge is -2.26. The third-order valence-electron chi connectivity index (χ3n) is 10.2. The molecular weight excluding hydrogens is 669 g/mol. The van der Waals surface area contributed by atoms with Gasteiger partial charge >= 0.3 is 0 Å². The summed E-state index contributed by atoms with van der Waals surface area (Å²) in [6.45, 7) is 0. The van der Waals surface area contributed by atoms with Crippen LogP contribution in [-0.2, 0) is 0 Å². The Morgan fingerprint density at radius 1 is 0.327 bits per heavy atom. The predicted molar refractivity (Wildman–Crippen MR) is 229 cm³/mol. The molecule has 258 valence electrons. The molecule has 0 atom stereocenters. The van der Waals surface area contributed by atoms with E-state index in [1.54, 1.807) is 0 Å². The first-order valence-electron chi connectivity index (χ1n) is 18.5. The monoisotopic (exact) mass is 702 g/mol. The van der Waals surface area contributed by atoms with E-state index < -0.39 is 0 Å². The average Bonchev–Trinajstić information content (AvgIpc) is 3.27. The van der Waals surface area contributed by atoms with Crippen molar-refractivity contribution in [2.45, 2.75) is 0 Å². The summed E-state index contributed by atoms with van der Waals surface area (Å²) in [6, 6.07) is 72.0. The van der Waals surface area contributed by atoms with Crippen LogP contribution in [0.2, 0.25) is 0 Å². The zero-order valence-corrected chi connectivity index (χ0v) is 29.9. The third-order valence-corrected chi connectivity index (χ3v) is 10.2. The van der Waals surface area contributed by atoms with E-state index in [4.69, 9.17) is 15.0 Å². The van der Waals surface area contributed by atoms with Crippen molar-refractivity contribution in [2.24, 2.45) is 0 Å². The van der Waals surface area contributed by atoms with E-state index in [2.05, 4.69) is 175 Å². The van der Waals surface area contributed by atoms with Crippen molar-refractivity contribution in [3.05, 3.63) is 206 Å². The first kappa shape index (κ1) is 32.2. The number of rotatable bonds is 7. The van der Waals surface area contributed by atoms with Gasteiger partial charge in [-0.3, -0.25) is 0 Å². The maximum Gasteiger partial charge on any atom is 0.160 e. The highest BCUT2D eigenvalue weighted by atomic mass is 15.1. The molecule has 0 aliphatic rings. The molecule has 10 aromatic rings. The van der Waals surface area contributed by atoms with E-state index in [-0.39, 0.29) is 0 Å². The molecule has 0 amide bonds. The number of para-hydroxylation sites is 2. The highest BCUT2D eigenvalue weighted by molar-refractivity contribution is 6.22. The molecule has 0 radical (unpaired) electrons. The maximum absolute atomic E-state index is 5.47. The number of fused-ring (bicyclic) bond motifs is 5. The molecular formula is C51H34N4. The predicted octanol–water partition coefficient (Wildman–Crippen LogP) is 13.5. The van der Waals surface area contributed by atoms with E-state index >= 15 is 0 Å². The van der Waals surface area contributed by atoms with Crippen LogP contribution in [0.5, 0.6) is 0 Å². The van der Waals surface area contributed by atoms with Crippen molar-refractivity contribution >= 4 is 49.5 Å². The summed E-state index contributed by atoms with van der Waals surface area (Å²) in [7, 11) is 0. The summed E-state index contributed by atoms with van der Waals surface area (Å²) >= 11 is 0. The lowest BCUT2D eigenvalue weighted by atomic mass is 9.94. The number of pyridine rings is 1. The van der Waals surface area contributed by atoms with E-state index in [9.17, 15) is 0 Å². The van der Waals surface area contributed by atoms with Gasteiger partial charge in [0.05, 0.1) is 22.6 Å². The average molecular weight is 703 g/mol. The van der Waals surface area contributed by atoms with Crippen LogP contribution in [0.25, 0.3) is 77.6 Å². The summed E-state index contributed by atoms with van der Waals surface area (Å²) in [4.78, 5) is 17.8. The molecule has 0 saturated carbocycles. The van der Waals surface area contributed by atoms with Gasteiger partial charge in [0, 0.05) is 55.5 Å². The van der Waals surface area contributed by atoms with Crippen LogP contribution in [0.4, 0.5) is 17.1 Å². The lowest BCUT2D eigenvalue weighted by Crippen LogP contribution is -2.09. The molecule has 0 unspecified atom stereocenters. The summed E-state index contributed by atoms with van der Waals surface area (Å²) in [6.07, 6.45) is 0. The minimum Gasteiger partial charge on any atom is -0.310 e. The minimum atomic E-state index is 0.700. The van der Waals surface area contributed by atoms with Crippen molar-refractivity contribution in [1.29, 1.82) is 0 Å². The van der Waals surface area contributed by atoms with Crippen molar-refractivity contribution in [2.75, 3.05) is 4.90 Å². The van der Waals surface area contributed by atoms with Crippen LogP contribution >= 0.6 is 0 Å². The second kappa shape index (κ2) is 13.8. The molecule has 0 N–H and O–H groups in total. The topological polar surface area (TPSA) is 41.9 Å². The van der Waals surface area contributed by atoms with Gasteiger partial charge in [0.25, 0.3) is 0 Å². The van der Waals surface area contributed by atoms with Crippen LogP contribution in [0.1, 0.15) is 0 Å². The molecule has 2 heterocycles. The summed E-state index contributed by atoms with van der Waals surface area (Å²) in [5.41, 5.74) is 11.0. The van der Waals surface area contributed by atoms with Gasteiger partial charge < -0.3 is 4.90 Å². The summed E-state index contributed by atoms with van der Waals surface area (Å²) in [5, 5.41) is 5.86. The lowest BCUT2D eigenvalue weighted by molar-refractivity contribution is 1.18. The normalized spacial score (nSPS) is 11.3. The molecule has 0 fully saturated rings. The van der Waals surface area contributed by atoms with Crippen LogP contribution in [0, 0.1) is 0 Å². The summed E-state index contributed by atoms with van der Waals surface area (Å²) in [5.74, 6) is 0.700. The Labute approximate surface area is 319 Å². The van der Waals surface area contributed by atoms with Crippen LogP contribution in [0.15, 0.2) is 206 Å². The van der Waals surface area contributed by atoms with E-state index in [0.717, 1.165) is 72.7 Å². The maximum atomic E-state index is 5.47. The SMILES string of the molecule is c1ccc(-c2cc(-c3ccc(-c4nc5cc(N(c6ccccc6)c6ccccc6)ccc5c5c4ccc4ccccc45)cc3)nc(-c3ccccc3)n2)cc1. The van der Waals surface area contributed by atoms with Crippen LogP contribution < -0.4 is 4.90 Å². The highest BCUT2D eigenvalue weighted by Crippen LogP contribution is 2.41. The van der Waals surface area contributed by atoms with Crippen LogP contribution in [-0.4, -0.2) is 15.0 Å². The van der Waals surface area contributed by atoms with Gasteiger partial charge in [0.15, 0.2) is 5.82 Å². The van der Waals surface area contributed by atoms with Gasteiger partial charge in [-0.2, -0.15) is 0 Å². The number of benzene rings is 8. The first-order valence-corrected chi connectivity index (χ1v) is 18.5. The number of hydrogen-bond donors (Lipinski definition) is 0. The fraction of sp³-hybridized carbons (Fsp3) is 0. The number of hydrogen-bond acceptors (Lipinski definition) is 4. The van der Waals surface area contributed by atoms with E-state index in [1.165, 1.54) is 16.2 Å². The molecule has 4 nitrogen and oxygen atoms in total. The Morgan fingerprint density at radius 2 is 0.855 bits per heavy atom. The van der Waals surface area contributed by atoms with Gasteiger partial charge in [-0.1, -0.05) is 164 Å². The van der Waals surface area contributed by atoms with E-state index in [0.29, 0.717) is 5.82 Å². The Kier molecular flexibility index (Phi) is 8.12. The molecule has 10 rings (SSSR count). The van der Waals surface area contributed by atoms with Crippen molar-refractivity contribution in [3.63, 3.8) is 0 Å². The van der Waals surface area contributed by atoms with Gasteiger partial charge in [-0.15, -0.1) is 0 Å². The molecule has 0 bridgehead atoms. The van der Waals surface area contributed by atoms with Gasteiger partial charge in [-0.05, 0) is 53.2 Å². The molecule has 0 aliphatic heterocycles. The highest BCUT2D eigenvalue weighted by Gasteiger charge is 2.18. The Hall–Kier alpha value is -7.43. The van der Waals surface area contributed by atoms with Crippen LogP contribution in [0.3, 0.4) is 0 Å². The molecule has 8 aromatic carbocycles. The molecule has 0 spiro atoms. The van der Waals surface area contributed by atoms with Crippen molar-refractivity contribution < 1.29 is 0 Å². The molecule has 55 heavy (non-hydrogen) atoms. The zero-order valence-electron chi connectivity index (χ0n) is 29.9. The number of nitrogens with zero attached hydrogens (tertiary/aromatic N) is 4. The number of anilines is 3.